The van der Waals surface area contributed by atoms with Crippen molar-refractivity contribution >= 4 is 21.9 Å². The third kappa shape index (κ3) is 2.30. The average Bonchev–Trinajstić information content (AvgIpc) is 3.17. The highest BCUT2D eigenvalue weighted by atomic mass is 16.5. The molecule has 0 fully saturated rings. The first-order chi connectivity index (χ1) is 12.7. The Morgan fingerprint density at radius 3 is 2.27 bits per heavy atom. The quantitative estimate of drug-likeness (QED) is 0.547. The zero-order valence-corrected chi connectivity index (χ0v) is 14.5. The van der Waals surface area contributed by atoms with Crippen LogP contribution in [0, 0.1) is 0 Å². The molecule has 0 amide bonds. The molecule has 2 aromatic heterocycles. The number of benzene rings is 2. The van der Waals surface area contributed by atoms with E-state index in [0.29, 0.717) is 44.8 Å². The van der Waals surface area contributed by atoms with Crippen LogP contribution < -0.4 is 19.6 Å². The molecule has 0 bridgehead atoms. The first-order valence-electron chi connectivity index (χ1n) is 7.91. The van der Waals surface area contributed by atoms with Crippen LogP contribution in [0.1, 0.15) is 0 Å². The van der Waals surface area contributed by atoms with Gasteiger partial charge in [-0.3, -0.25) is 4.79 Å². The monoisotopic (exact) mass is 352 g/mol. The highest BCUT2D eigenvalue weighted by Gasteiger charge is 2.21. The third-order valence-corrected chi connectivity index (χ3v) is 4.29. The molecule has 6 nitrogen and oxygen atoms in total. The van der Waals surface area contributed by atoms with Crippen LogP contribution in [-0.2, 0) is 0 Å². The summed E-state index contributed by atoms with van der Waals surface area (Å²) in [4.78, 5) is 13.0. The SMILES string of the molecule is COc1ccc(-c2oc3c(cc(OC)c4occc43)c(=O)c2OC)cc1. The summed E-state index contributed by atoms with van der Waals surface area (Å²) >= 11 is 0. The number of rotatable bonds is 4. The first kappa shape index (κ1) is 16.1. The lowest BCUT2D eigenvalue weighted by Crippen LogP contribution is -2.08. The molecule has 0 aliphatic heterocycles. The maximum Gasteiger partial charge on any atom is 0.235 e. The van der Waals surface area contributed by atoms with Gasteiger partial charge in [0, 0.05) is 5.56 Å². The van der Waals surface area contributed by atoms with Gasteiger partial charge in [-0.05, 0) is 36.4 Å². The van der Waals surface area contributed by atoms with Gasteiger partial charge in [0.05, 0.1) is 38.4 Å². The normalized spacial score (nSPS) is 11.0. The topological polar surface area (TPSA) is 71.0 Å². The zero-order chi connectivity index (χ0) is 18.3. The van der Waals surface area contributed by atoms with Gasteiger partial charge in [0.1, 0.15) is 11.3 Å². The summed E-state index contributed by atoms with van der Waals surface area (Å²) in [7, 11) is 4.56. The molecular weight excluding hydrogens is 336 g/mol. The lowest BCUT2D eigenvalue weighted by molar-refractivity contribution is 0.398. The lowest BCUT2D eigenvalue weighted by Gasteiger charge is -2.11. The Morgan fingerprint density at radius 2 is 1.62 bits per heavy atom. The Bertz CT molecular complexity index is 1150. The van der Waals surface area contributed by atoms with E-state index >= 15 is 0 Å². The third-order valence-electron chi connectivity index (χ3n) is 4.29. The lowest BCUT2D eigenvalue weighted by atomic mass is 10.1. The molecule has 0 saturated heterocycles. The molecular formula is C20H16O6. The molecule has 26 heavy (non-hydrogen) atoms. The molecule has 0 spiro atoms. The predicted molar refractivity (Wildman–Crippen MR) is 97.3 cm³/mol. The smallest absolute Gasteiger partial charge is 0.235 e. The fraction of sp³-hybridized carbons (Fsp3) is 0.150. The van der Waals surface area contributed by atoms with E-state index < -0.39 is 0 Å². The van der Waals surface area contributed by atoms with E-state index in [1.807, 2.05) is 12.1 Å². The van der Waals surface area contributed by atoms with Crippen LogP contribution in [0.3, 0.4) is 0 Å². The predicted octanol–water partition coefficient (Wildman–Crippen LogP) is 4.23. The fourth-order valence-corrected chi connectivity index (χ4v) is 3.01. The zero-order valence-electron chi connectivity index (χ0n) is 14.5. The molecule has 0 unspecified atom stereocenters. The Morgan fingerprint density at radius 1 is 0.846 bits per heavy atom. The van der Waals surface area contributed by atoms with Crippen LogP contribution in [0.15, 0.2) is 56.3 Å². The summed E-state index contributed by atoms with van der Waals surface area (Å²) in [6.07, 6.45) is 1.53. The number of methoxy groups -OCH3 is 3. The molecule has 4 aromatic rings. The standard InChI is InChI=1S/C20H16O6/c1-22-12-6-4-11(5-7-12)17-20(24-3)16(21)14-10-15(23-2)19-13(8-9-25-19)18(14)26-17/h4-10H,1-3H3. The second kappa shape index (κ2) is 6.15. The summed E-state index contributed by atoms with van der Waals surface area (Å²) < 4.78 is 27.5. The number of hydrogen-bond donors (Lipinski definition) is 0. The summed E-state index contributed by atoms with van der Waals surface area (Å²) in [5.41, 5.74) is 1.37. The van der Waals surface area contributed by atoms with E-state index in [4.69, 9.17) is 23.0 Å². The molecule has 132 valence electrons. The molecule has 2 aromatic carbocycles. The van der Waals surface area contributed by atoms with E-state index in [9.17, 15) is 4.79 Å². The van der Waals surface area contributed by atoms with Crippen molar-refractivity contribution in [1.29, 1.82) is 0 Å². The van der Waals surface area contributed by atoms with Gasteiger partial charge in [0.2, 0.25) is 11.2 Å². The molecule has 0 aliphatic rings. The van der Waals surface area contributed by atoms with Crippen molar-refractivity contribution < 1.29 is 23.0 Å². The van der Waals surface area contributed by atoms with Gasteiger partial charge in [-0.25, -0.2) is 0 Å². The summed E-state index contributed by atoms with van der Waals surface area (Å²) in [5, 5.41) is 1.03. The van der Waals surface area contributed by atoms with Crippen molar-refractivity contribution in [2.24, 2.45) is 0 Å². The van der Waals surface area contributed by atoms with Gasteiger partial charge in [-0.1, -0.05) is 0 Å². The van der Waals surface area contributed by atoms with Gasteiger partial charge >= 0.3 is 0 Å². The van der Waals surface area contributed by atoms with Crippen molar-refractivity contribution in [2.75, 3.05) is 21.3 Å². The van der Waals surface area contributed by atoms with Crippen LogP contribution in [0.4, 0.5) is 0 Å². The minimum atomic E-state index is -0.277. The first-order valence-corrected chi connectivity index (χ1v) is 7.91. The average molecular weight is 352 g/mol. The molecule has 0 saturated carbocycles. The maximum absolute atomic E-state index is 13.0. The van der Waals surface area contributed by atoms with Gasteiger partial charge in [0.15, 0.2) is 17.1 Å². The van der Waals surface area contributed by atoms with E-state index in [1.54, 1.807) is 31.4 Å². The molecule has 4 rings (SSSR count). The fourth-order valence-electron chi connectivity index (χ4n) is 3.01. The summed E-state index contributed by atoms with van der Waals surface area (Å²) in [5.74, 6) is 1.65. The van der Waals surface area contributed by atoms with Crippen molar-refractivity contribution in [3.05, 3.63) is 52.9 Å². The van der Waals surface area contributed by atoms with Crippen LogP contribution in [-0.4, -0.2) is 21.3 Å². The highest BCUT2D eigenvalue weighted by Crippen LogP contribution is 2.38. The van der Waals surface area contributed by atoms with Crippen molar-refractivity contribution in [1.82, 2.24) is 0 Å². The van der Waals surface area contributed by atoms with E-state index in [2.05, 4.69) is 0 Å². The molecule has 0 atom stereocenters. The second-order valence-corrected chi connectivity index (χ2v) is 5.64. The second-order valence-electron chi connectivity index (χ2n) is 5.64. The molecule has 0 aliphatic carbocycles. The minimum absolute atomic E-state index is 0.132. The number of ether oxygens (including phenoxy) is 3. The van der Waals surface area contributed by atoms with Crippen molar-refractivity contribution in [2.45, 2.75) is 0 Å². The van der Waals surface area contributed by atoms with Crippen LogP contribution in [0.2, 0.25) is 0 Å². The van der Waals surface area contributed by atoms with Gasteiger partial charge in [-0.2, -0.15) is 0 Å². The Kier molecular flexibility index (Phi) is 3.80. The Hall–Kier alpha value is -3.41. The Balaban J connectivity index is 2.08. The number of fused-ring (bicyclic) bond motifs is 3. The molecule has 0 N–H and O–H groups in total. The van der Waals surface area contributed by atoms with Crippen LogP contribution >= 0.6 is 0 Å². The van der Waals surface area contributed by atoms with Crippen LogP contribution in [0.5, 0.6) is 17.2 Å². The van der Waals surface area contributed by atoms with Crippen molar-refractivity contribution in [3.63, 3.8) is 0 Å². The van der Waals surface area contributed by atoms with Gasteiger partial charge in [0.25, 0.3) is 0 Å². The van der Waals surface area contributed by atoms with E-state index in [-0.39, 0.29) is 11.2 Å². The minimum Gasteiger partial charge on any atom is -0.497 e. The molecule has 0 radical (unpaired) electrons. The largest absolute Gasteiger partial charge is 0.497 e. The number of hydrogen-bond acceptors (Lipinski definition) is 6. The van der Waals surface area contributed by atoms with E-state index in [0.717, 1.165) is 0 Å². The summed E-state index contributed by atoms with van der Waals surface area (Å²) in [6.45, 7) is 0. The van der Waals surface area contributed by atoms with Gasteiger partial charge < -0.3 is 23.0 Å². The number of furan rings is 1. The molecule has 2 heterocycles. The van der Waals surface area contributed by atoms with E-state index in [1.165, 1.54) is 20.5 Å². The highest BCUT2D eigenvalue weighted by molar-refractivity contribution is 6.05. The van der Waals surface area contributed by atoms with Crippen LogP contribution in [0.25, 0.3) is 33.3 Å². The Labute approximate surface area is 148 Å². The maximum atomic E-state index is 13.0. The van der Waals surface area contributed by atoms with Gasteiger partial charge in [-0.15, -0.1) is 0 Å². The molecule has 6 heteroatoms. The summed E-state index contributed by atoms with van der Waals surface area (Å²) in [6, 6.07) is 10.5. The van der Waals surface area contributed by atoms with Crippen molar-refractivity contribution in [3.8, 4) is 28.6 Å².